The molecule has 3 N–H and O–H groups in total. The molecule has 1 aliphatic heterocycles. The fourth-order valence-corrected chi connectivity index (χ4v) is 4.11. The Balaban J connectivity index is 1.36. The Bertz CT molecular complexity index is 1190. The van der Waals surface area contributed by atoms with Crippen LogP contribution in [0.5, 0.6) is 5.75 Å². The van der Waals surface area contributed by atoms with E-state index >= 15 is 0 Å². The number of nitrogens with one attached hydrogen (secondary N) is 1. The number of ether oxygens (including phenoxy) is 3. The number of hydrogen-bond acceptors (Lipinski definition) is 8. The minimum absolute atomic E-state index is 0.0645. The van der Waals surface area contributed by atoms with E-state index in [0.717, 1.165) is 27.8 Å². The van der Waals surface area contributed by atoms with E-state index in [9.17, 15) is 9.59 Å². The molecule has 2 aromatic carbocycles. The highest BCUT2D eigenvalue weighted by atomic mass is 16.6. The number of nitrogens with zero attached hydrogens (tertiary/aromatic N) is 1. The van der Waals surface area contributed by atoms with Crippen LogP contribution >= 0.6 is 0 Å². The zero-order chi connectivity index (χ0) is 24.8. The van der Waals surface area contributed by atoms with Crippen molar-refractivity contribution in [2.45, 2.75) is 38.5 Å². The van der Waals surface area contributed by atoms with Crippen molar-refractivity contribution in [2.24, 2.45) is 5.73 Å². The molecule has 9 nitrogen and oxygen atoms in total. The molecule has 0 radical (unpaired) electrons. The summed E-state index contributed by atoms with van der Waals surface area (Å²) in [6, 6.07) is 11.4. The fourth-order valence-electron chi connectivity index (χ4n) is 4.11. The highest BCUT2D eigenvalue weighted by Gasteiger charge is 2.34. The Kier molecular flexibility index (Phi) is 7.48. The number of amides is 1. The van der Waals surface area contributed by atoms with E-state index in [-0.39, 0.29) is 31.8 Å². The molecule has 0 bridgehead atoms. The second kappa shape index (κ2) is 10.7. The van der Waals surface area contributed by atoms with Gasteiger partial charge >= 0.3 is 6.09 Å². The summed E-state index contributed by atoms with van der Waals surface area (Å²) in [7, 11) is 1.58. The minimum atomic E-state index is -1.08. The average molecular weight is 480 g/mol. The molecular weight excluding hydrogens is 450 g/mol. The predicted molar refractivity (Wildman–Crippen MR) is 128 cm³/mol. The molecule has 1 fully saturated rings. The van der Waals surface area contributed by atoms with Crippen molar-refractivity contribution in [3.63, 3.8) is 0 Å². The molecule has 35 heavy (non-hydrogen) atoms. The van der Waals surface area contributed by atoms with Crippen LogP contribution in [0.15, 0.2) is 53.4 Å². The van der Waals surface area contributed by atoms with Gasteiger partial charge in [-0.25, -0.2) is 9.78 Å². The summed E-state index contributed by atoms with van der Waals surface area (Å²) in [5.41, 5.74) is 9.28. The Morgan fingerprint density at radius 1 is 1.14 bits per heavy atom. The first kappa shape index (κ1) is 24.4. The van der Waals surface area contributed by atoms with Crippen LogP contribution in [-0.2, 0) is 33.7 Å². The number of carbonyl (C=O) groups is 2. The highest BCUT2D eigenvalue weighted by molar-refractivity contribution is 5.83. The van der Waals surface area contributed by atoms with Gasteiger partial charge in [-0.2, -0.15) is 0 Å². The normalized spacial score (nSPS) is 17.2. The van der Waals surface area contributed by atoms with Crippen molar-refractivity contribution in [3.8, 4) is 17.1 Å². The molecule has 0 spiro atoms. The van der Waals surface area contributed by atoms with Gasteiger partial charge in [0.1, 0.15) is 18.1 Å². The van der Waals surface area contributed by atoms with Gasteiger partial charge in [-0.05, 0) is 35.7 Å². The van der Waals surface area contributed by atoms with Crippen LogP contribution in [0.1, 0.15) is 28.7 Å². The summed E-state index contributed by atoms with van der Waals surface area (Å²) in [5, 5.41) is 2.72. The SMILES string of the molecule is COc1cc(CC(=O)Cc2cc(C)cc(CNC(=O)O[C@@]3(N)CCOC3)c2)ccc1-c1cnco1. The summed E-state index contributed by atoms with van der Waals surface area (Å²) in [6.07, 6.45) is 3.38. The zero-order valence-electron chi connectivity index (χ0n) is 19.8. The van der Waals surface area contributed by atoms with Gasteiger partial charge in [-0.15, -0.1) is 0 Å². The number of hydrogen-bond donors (Lipinski definition) is 2. The van der Waals surface area contributed by atoms with Crippen molar-refractivity contribution in [1.29, 1.82) is 0 Å². The third kappa shape index (κ3) is 6.46. The van der Waals surface area contributed by atoms with Crippen LogP contribution in [0.2, 0.25) is 0 Å². The van der Waals surface area contributed by atoms with Crippen molar-refractivity contribution < 1.29 is 28.2 Å². The number of methoxy groups -OCH3 is 1. The first-order valence-electron chi connectivity index (χ1n) is 11.3. The molecule has 3 aromatic rings. The second-order valence-corrected chi connectivity index (χ2v) is 8.73. The van der Waals surface area contributed by atoms with Crippen LogP contribution in [0.25, 0.3) is 11.3 Å². The number of Topliss-reactive ketones (excluding diaryl/α,β-unsaturated/α-hetero) is 1. The minimum Gasteiger partial charge on any atom is -0.496 e. The summed E-state index contributed by atoms with van der Waals surface area (Å²) in [4.78, 5) is 28.9. The number of oxazole rings is 1. The number of ketones is 1. The maximum atomic E-state index is 12.8. The van der Waals surface area contributed by atoms with E-state index in [1.807, 2.05) is 43.3 Å². The molecule has 1 aliphatic rings. The van der Waals surface area contributed by atoms with Crippen molar-refractivity contribution in [1.82, 2.24) is 10.3 Å². The lowest BCUT2D eigenvalue weighted by Gasteiger charge is -2.22. The highest BCUT2D eigenvalue weighted by Crippen LogP contribution is 2.31. The van der Waals surface area contributed by atoms with Gasteiger partial charge in [0.25, 0.3) is 0 Å². The van der Waals surface area contributed by atoms with E-state index in [0.29, 0.717) is 24.5 Å². The topological polar surface area (TPSA) is 126 Å². The molecule has 4 rings (SSSR count). The Labute approximate surface area is 203 Å². The molecule has 1 saturated heterocycles. The monoisotopic (exact) mass is 479 g/mol. The quantitative estimate of drug-likeness (QED) is 0.448. The Morgan fingerprint density at radius 2 is 1.94 bits per heavy atom. The lowest BCUT2D eigenvalue weighted by atomic mass is 9.98. The van der Waals surface area contributed by atoms with Gasteiger partial charge in [0.2, 0.25) is 0 Å². The van der Waals surface area contributed by atoms with Crippen LogP contribution in [-0.4, -0.2) is 42.9 Å². The number of rotatable bonds is 9. The van der Waals surface area contributed by atoms with Gasteiger partial charge in [0.05, 0.1) is 25.5 Å². The molecule has 9 heteroatoms. The number of carbonyl (C=O) groups excluding carboxylic acids is 2. The molecule has 1 aromatic heterocycles. The van der Waals surface area contributed by atoms with Gasteiger partial charge in [0.15, 0.2) is 17.9 Å². The zero-order valence-corrected chi connectivity index (χ0v) is 19.8. The maximum absolute atomic E-state index is 12.8. The van der Waals surface area contributed by atoms with E-state index < -0.39 is 11.8 Å². The molecule has 0 aliphatic carbocycles. The lowest BCUT2D eigenvalue weighted by Crippen LogP contribution is -2.47. The Hall–Kier alpha value is -3.69. The van der Waals surface area contributed by atoms with Gasteiger partial charge in [-0.3, -0.25) is 10.5 Å². The number of alkyl carbamates (subject to hydrolysis) is 1. The summed E-state index contributed by atoms with van der Waals surface area (Å²) >= 11 is 0. The summed E-state index contributed by atoms with van der Waals surface area (Å²) < 4.78 is 21.3. The number of benzene rings is 2. The lowest BCUT2D eigenvalue weighted by molar-refractivity contribution is -0.117. The fraction of sp³-hybridized carbons (Fsp3) is 0.346. The standard InChI is InChI=1S/C26H29N3O6/c1-17-7-19(9-20(8-17)13-29-25(31)35-26(27)5-6-33-15-26)11-21(30)10-18-3-4-22(23(12-18)32-2)24-14-28-16-34-24/h3-4,7-9,12,14,16H,5-6,10-11,13,15,27H2,1-2H3,(H,29,31)/t26-/m0/s1. The largest absolute Gasteiger partial charge is 0.496 e. The van der Waals surface area contributed by atoms with Gasteiger partial charge in [-0.1, -0.05) is 29.8 Å². The summed E-state index contributed by atoms with van der Waals surface area (Å²) in [5.74, 6) is 1.28. The molecule has 0 saturated carbocycles. The molecule has 2 heterocycles. The van der Waals surface area contributed by atoms with Crippen LogP contribution in [0.3, 0.4) is 0 Å². The van der Waals surface area contributed by atoms with E-state index in [1.54, 1.807) is 13.3 Å². The predicted octanol–water partition coefficient (Wildman–Crippen LogP) is 3.31. The van der Waals surface area contributed by atoms with Crippen molar-refractivity contribution in [2.75, 3.05) is 20.3 Å². The number of aromatic nitrogens is 1. The average Bonchev–Trinajstić information content (AvgIpc) is 3.49. The van der Waals surface area contributed by atoms with Crippen LogP contribution < -0.4 is 15.8 Å². The van der Waals surface area contributed by atoms with E-state index in [4.69, 9.17) is 24.4 Å². The van der Waals surface area contributed by atoms with E-state index in [2.05, 4.69) is 10.3 Å². The molecule has 1 atom stereocenters. The van der Waals surface area contributed by atoms with Crippen LogP contribution in [0.4, 0.5) is 4.79 Å². The first-order valence-corrected chi connectivity index (χ1v) is 11.3. The summed E-state index contributed by atoms with van der Waals surface area (Å²) in [6.45, 7) is 2.87. The van der Waals surface area contributed by atoms with Crippen LogP contribution in [0, 0.1) is 6.92 Å². The number of aryl methyl sites for hydroxylation is 1. The Morgan fingerprint density at radius 3 is 2.66 bits per heavy atom. The van der Waals surface area contributed by atoms with Crippen molar-refractivity contribution in [3.05, 3.63) is 71.2 Å². The molecule has 0 unspecified atom stereocenters. The number of nitrogens with two attached hydrogens (primary N) is 1. The molecule has 1 amide bonds. The van der Waals surface area contributed by atoms with Gasteiger partial charge in [0, 0.05) is 25.8 Å². The van der Waals surface area contributed by atoms with E-state index in [1.165, 1.54) is 6.39 Å². The van der Waals surface area contributed by atoms with Gasteiger partial charge < -0.3 is 23.9 Å². The third-order valence-corrected chi connectivity index (χ3v) is 5.71. The third-order valence-electron chi connectivity index (χ3n) is 5.71. The van der Waals surface area contributed by atoms with Crippen molar-refractivity contribution >= 4 is 11.9 Å². The maximum Gasteiger partial charge on any atom is 0.409 e. The second-order valence-electron chi connectivity index (χ2n) is 8.73. The molecular formula is C26H29N3O6. The first-order chi connectivity index (χ1) is 16.8. The molecule has 184 valence electrons. The smallest absolute Gasteiger partial charge is 0.409 e.